The van der Waals surface area contributed by atoms with Gasteiger partial charge in [0.25, 0.3) is 0 Å². The van der Waals surface area contributed by atoms with Gasteiger partial charge in [-0.15, -0.1) is 11.8 Å². The first-order chi connectivity index (χ1) is 7.95. The summed E-state index contributed by atoms with van der Waals surface area (Å²) in [5.41, 5.74) is 6.19. The number of thioether (sulfide) groups is 1. The van der Waals surface area contributed by atoms with Crippen LogP contribution in [-0.2, 0) is 14.8 Å². The predicted molar refractivity (Wildman–Crippen MR) is 69.4 cm³/mol. The van der Waals surface area contributed by atoms with Crippen LogP contribution < -0.4 is 10.9 Å². The molecule has 0 bridgehead atoms. The number of hydrogen-bond donors (Lipinski definition) is 2. The van der Waals surface area contributed by atoms with Crippen LogP contribution in [0.2, 0.25) is 0 Å². The average molecular weight is 276 g/mol. The Hall–Kier alpha value is -0.760. The molecule has 0 spiro atoms. The molecular weight excluding hydrogens is 260 g/mol. The first kappa shape index (κ1) is 14.3. The third-order valence-corrected chi connectivity index (χ3v) is 4.15. The van der Waals surface area contributed by atoms with Crippen LogP contribution in [0.5, 0.6) is 0 Å². The van der Waals surface area contributed by atoms with E-state index in [-0.39, 0.29) is 4.90 Å². The molecule has 4 N–H and O–H groups in total. The number of methoxy groups -OCH3 is 1. The van der Waals surface area contributed by atoms with Crippen LogP contribution in [0.15, 0.2) is 28.0 Å². The Morgan fingerprint density at radius 3 is 2.65 bits per heavy atom. The quantitative estimate of drug-likeness (QED) is 0.460. The summed E-state index contributed by atoms with van der Waals surface area (Å²) >= 11 is 1.57. The summed E-state index contributed by atoms with van der Waals surface area (Å²) in [7, 11) is -2.03. The smallest absolute Gasteiger partial charge is 0.238 e. The fraction of sp³-hybridized carbons (Fsp3) is 0.400. The van der Waals surface area contributed by atoms with Crippen LogP contribution in [0.4, 0.5) is 5.69 Å². The van der Waals surface area contributed by atoms with E-state index in [0.29, 0.717) is 12.3 Å². The van der Waals surface area contributed by atoms with Crippen molar-refractivity contribution >= 4 is 27.5 Å². The SMILES string of the molecule is COCCCSc1ccc(S(N)(=O)=O)cc1N. The van der Waals surface area contributed by atoms with Crippen molar-refractivity contribution in [3.63, 3.8) is 0 Å². The first-order valence-corrected chi connectivity index (χ1v) is 7.52. The van der Waals surface area contributed by atoms with Gasteiger partial charge in [-0.05, 0) is 24.6 Å². The minimum absolute atomic E-state index is 0.0382. The van der Waals surface area contributed by atoms with Crippen LogP contribution in [0, 0.1) is 0 Å². The van der Waals surface area contributed by atoms with E-state index in [4.69, 9.17) is 15.6 Å². The topological polar surface area (TPSA) is 95.4 Å². The Morgan fingerprint density at radius 2 is 2.12 bits per heavy atom. The summed E-state index contributed by atoms with van der Waals surface area (Å²) in [6.45, 7) is 0.697. The van der Waals surface area contributed by atoms with Crippen LogP contribution in [0.3, 0.4) is 0 Å². The molecule has 1 aromatic rings. The Kier molecular flexibility index (Phi) is 5.26. The van der Waals surface area contributed by atoms with E-state index in [1.54, 1.807) is 24.9 Å². The second-order valence-electron chi connectivity index (χ2n) is 3.44. The van der Waals surface area contributed by atoms with Gasteiger partial charge in [-0.25, -0.2) is 13.6 Å². The Balaban J connectivity index is 2.70. The molecule has 0 saturated carbocycles. The third-order valence-electron chi connectivity index (χ3n) is 2.06. The second-order valence-corrected chi connectivity index (χ2v) is 6.14. The van der Waals surface area contributed by atoms with Gasteiger partial charge < -0.3 is 10.5 Å². The van der Waals surface area contributed by atoms with Gasteiger partial charge in [0.05, 0.1) is 4.90 Å². The van der Waals surface area contributed by atoms with Crippen molar-refractivity contribution in [1.82, 2.24) is 0 Å². The molecule has 0 fully saturated rings. The van der Waals surface area contributed by atoms with E-state index in [1.807, 2.05) is 0 Å². The molecule has 1 rings (SSSR count). The van der Waals surface area contributed by atoms with E-state index >= 15 is 0 Å². The highest BCUT2D eigenvalue weighted by Crippen LogP contribution is 2.27. The first-order valence-electron chi connectivity index (χ1n) is 4.99. The maximum Gasteiger partial charge on any atom is 0.238 e. The maximum atomic E-state index is 11.1. The molecular formula is C10H16N2O3S2. The highest BCUT2D eigenvalue weighted by molar-refractivity contribution is 7.99. The molecule has 0 saturated heterocycles. The monoisotopic (exact) mass is 276 g/mol. The van der Waals surface area contributed by atoms with E-state index in [1.165, 1.54) is 12.1 Å². The van der Waals surface area contributed by atoms with Gasteiger partial charge >= 0.3 is 0 Å². The zero-order valence-corrected chi connectivity index (χ0v) is 11.2. The lowest BCUT2D eigenvalue weighted by Gasteiger charge is -2.06. The molecule has 0 heterocycles. The van der Waals surface area contributed by atoms with Gasteiger partial charge in [0, 0.05) is 30.1 Å². The summed E-state index contributed by atoms with van der Waals surface area (Å²) in [5.74, 6) is 0.868. The highest BCUT2D eigenvalue weighted by atomic mass is 32.2. The molecule has 5 nitrogen and oxygen atoms in total. The summed E-state index contributed by atoms with van der Waals surface area (Å²) in [6, 6.07) is 4.52. The number of nitrogen functional groups attached to an aromatic ring is 1. The molecule has 0 aromatic heterocycles. The number of nitrogens with two attached hydrogens (primary N) is 2. The fourth-order valence-electron chi connectivity index (χ4n) is 1.22. The molecule has 0 radical (unpaired) electrons. The minimum atomic E-state index is -3.68. The van der Waals surface area contributed by atoms with E-state index in [2.05, 4.69) is 0 Å². The Morgan fingerprint density at radius 1 is 1.41 bits per heavy atom. The van der Waals surface area contributed by atoms with E-state index in [0.717, 1.165) is 17.1 Å². The lowest BCUT2D eigenvalue weighted by Crippen LogP contribution is -2.12. The lowest BCUT2D eigenvalue weighted by molar-refractivity contribution is 0.200. The normalized spacial score (nSPS) is 11.6. The molecule has 0 amide bonds. The molecule has 17 heavy (non-hydrogen) atoms. The minimum Gasteiger partial charge on any atom is -0.398 e. The molecule has 0 aliphatic rings. The van der Waals surface area contributed by atoms with E-state index in [9.17, 15) is 8.42 Å². The zero-order chi connectivity index (χ0) is 12.9. The number of sulfonamides is 1. The Labute approximate surface area is 106 Å². The molecule has 0 aliphatic heterocycles. The molecule has 0 unspecified atom stereocenters. The summed E-state index contributed by atoms with van der Waals surface area (Å²) in [4.78, 5) is 0.893. The zero-order valence-electron chi connectivity index (χ0n) is 9.55. The number of rotatable bonds is 6. The van der Waals surface area contributed by atoms with Crippen molar-refractivity contribution in [2.24, 2.45) is 5.14 Å². The Bertz CT molecular complexity index is 474. The maximum absolute atomic E-state index is 11.1. The number of hydrogen-bond acceptors (Lipinski definition) is 5. The number of ether oxygens (including phenoxy) is 1. The second kappa shape index (κ2) is 6.25. The lowest BCUT2D eigenvalue weighted by atomic mass is 10.3. The van der Waals surface area contributed by atoms with Crippen molar-refractivity contribution in [3.8, 4) is 0 Å². The van der Waals surface area contributed by atoms with Crippen molar-refractivity contribution in [3.05, 3.63) is 18.2 Å². The van der Waals surface area contributed by atoms with Crippen molar-refractivity contribution in [2.75, 3.05) is 25.2 Å². The molecule has 0 atom stereocenters. The average Bonchev–Trinajstić information content (AvgIpc) is 2.24. The molecule has 96 valence electrons. The van der Waals surface area contributed by atoms with Crippen LogP contribution in [0.1, 0.15) is 6.42 Å². The standard InChI is InChI=1S/C10H16N2O3S2/c1-15-5-2-6-16-10-4-3-8(7-9(10)11)17(12,13)14/h3-4,7H,2,5-6,11H2,1H3,(H2,12,13,14). The summed E-state index contributed by atoms with van der Waals surface area (Å²) in [6.07, 6.45) is 0.914. The van der Waals surface area contributed by atoms with Gasteiger partial charge in [-0.1, -0.05) is 0 Å². The van der Waals surface area contributed by atoms with Gasteiger partial charge in [0.1, 0.15) is 0 Å². The number of benzene rings is 1. The van der Waals surface area contributed by atoms with Gasteiger partial charge in [0.2, 0.25) is 10.0 Å². The highest BCUT2D eigenvalue weighted by Gasteiger charge is 2.09. The fourth-order valence-corrected chi connectivity index (χ4v) is 2.64. The van der Waals surface area contributed by atoms with Crippen LogP contribution in [0.25, 0.3) is 0 Å². The summed E-state index contributed by atoms with van der Waals surface area (Å²) in [5, 5.41) is 5.01. The van der Waals surface area contributed by atoms with Crippen molar-refractivity contribution < 1.29 is 13.2 Å². The largest absolute Gasteiger partial charge is 0.398 e. The van der Waals surface area contributed by atoms with Crippen LogP contribution >= 0.6 is 11.8 Å². The van der Waals surface area contributed by atoms with E-state index < -0.39 is 10.0 Å². The van der Waals surface area contributed by atoms with Crippen molar-refractivity contribution in [2.45, 2.75) is 16.2 Å². The number of anilines is 1. The van der Waals surface area contributed by atoms with Crippen LogP contribution in [-0.4, -0.2) is 27.9 Å². The molecule has 7 heteroatoms. The summed E-state index contributed by atoms with van der Waals surface area (Å²) < 4.78 is 27.1. The molecule has 0 aliphatic carbocycles. The van der Waals surface area contributed by atoms with Crippen molar-refractivity contribution in [1.29, 1.82) is 0 Å². The van der Waals surface area contributed by atoms with Gasteiger partial charge in [-0.2, -0.15) is 0 Å². The number of primary sulfonamides is 1. The third kappa shape index (κ3) is 4.55. The molecule has 1 aromatic carbocycles. The van der Waals surface area contributed by atoms with Gasteiger partial charge in [0.15, 0.2) is 0 Å². The predicted octanol–water partition coefficient (Wildman–Crippen LogP) is 1.04. The van der Waals surface area contributed by atoms with Gasteiger partial charge in [-0.3, -0.25) is 0 Å².